The summed E-state index contributed by atoms with van der Waals surface area (Å²) in [6, 6.07) is 7.22. The molecule has 1 aliphatic rings. The predicted octanol–water partition coefficient (Wildman–Crippen LogP) is 3.32. The largest absolute Gasteiger partial charge is 0.326 e. The Bertz CT molecular complexity index is 458. The SMILES string of the molecule is CCSC(=O)Nc1cccc(NC(=O)C2CC2)c1. The normalized spacial score (nSPS) is 14.1. The molecule has 0 aliphatic heterocycles. The van der Waals surface area contributed by atoms with Crippen LogP contribution in [-0.4, -0.2) is 16.9 Å². The zero-order valence-electron chi connectivity index (χ0n) is 10.2. The molecule has 2 rings (SSSR count). The summed E-state index contributed by atoms with van der Waals surface area (Å²) >= 11 is 1.22. The smallest absolute Gasteiger partial charge is 0.283 e. The Morgan fingerprint density at radius 3 is 2.56 bits per heavy atom. The van der Waals surface area contributed by atoms with Crippen molar-refractivity contribution in [3.63, 3.8) is 0 Å². The first-order valence-corrected chi connectivity index (χ1v) is 7.02. The monoisotopic (exact) mass is 264 g/mol. The lowest BCUT2D eigenvalue weighted by atomic mass is 10.2. The van der Waals surface area contributed by atoms with Crippen LogP contribution < -0.4 is 10.6 Å². The molecular weight excluding hydrogens is 248 g/mol. The van der Waals surface area contributed by atoms with Crippen molar-refractivity contribution in [1.82, 2.24) is 0 Å². The Hall–Kier alpha value is -1.49. The summed E-state index contributed by atoms with van der Waals surface area (Å²) in [6.45, 7) is 1.93. The van der Waals surface area contributed by atoms with Gasteiger partial charge in [-0.15, -0.1) is 0 Å². The summed E-state index contributed by atoms with van der Waals surface area (Å²) < 4.78 is 0. The van der Waals surface area contributed by atoms with Crippen LogP contribution in [-0.2, 0) is 4.79 Å². The molecule has 0 aromatic heterocycles. The van der Waals surface area contributed by atoms with Gasteiger partial charge >= 0.3 is 0 Å². The van der Waals surface area contributed by atoms with Gasteiger partial charge in [-0.2, -0.15) is 0 Å². The molecule has 5 heteroatoms. The quantitative estimate of drug-likeness (QED) is 0.877. The van der Waals surface area contributed by atoms with Gasteiger partial charge in [0, 0.05) is 17.3 Å². The highest BCUT2D eigenvalue weighted by Crippen LogP contribution is 2.30. The maximum absolute atomic E-state index is 11.6. The highest BCUT2D eigenvalue weighted by Gasteiger charge is 2.29. The number of hydrogen-bond donors (Lipinski definition) is 2. The number of amides is 2. The molecule has 0 bridgehead atoms. The molecule has 1 aromatic carbocycles. The first-order valence-electron chi connectivity index (χ1n) is 6.03. The van der Waals surface area contributed by atoms with Crippen molar-refractivity contribution in [2.75, 3.05) is 16.4 Å². The first-order chi connectivity index (χ1) is 8.69. The predicted molar refractivity (Wildman–Crippen MR) is 74.9 cm³/mol. The van der Waals surface area contributed by atoms with Crippen molar-refractivity contribution >= 4 is 34.3 Å². The van der Waals surface area contributed by atoms with Crippen molar-refractivity contribution in [1.29, 1.82) is 0 Å². The van der Waals surface area contributed by atoms with Crippen LogP contribution in [0.2, 0.25) is 0 Å². The topological polar surface area (TPSA) is 58.2 Å². The molecule has 1 fully saturated rings. The molecule has 1 aliphatic carbocycles. The van der Waals surface area contributed by atoms with Gasteiger partial charge in [0.25, 0.3) is 5.24 Å². The van der Waals surface area contributed by atoms with E-state index in [0.29, 0.717) is 5.69 Å². The van der Waals surface area contributed by atoms with Gasteiger partial charge in [-0.25, -0.2) is 0 Å². The summed E-state index contributed by atoms with van der Waals surface area (Å²) in [5.74, 6) is 0.990. The average Bonchev–Trinajstić information content (AvgIpc) is 3.13. The first kappa shape index (κ1) is 13.0. The second kappa shape index (κ2) is 5.91. The second-order valence-electron chi connectivity index (χ2n) is 4.19. The molecule has 0 radical (unpaired) electrons. The van der Waals surface area contributed by atoms with Gasteiger partial charge in [0.1, 0.15) is 0 Å². The van der Waals surface area contributed by atoms with Crippen LogP contribution in [0, 0.1) is 5.92 Å². The van der Waals surface area contributed by atoms with E-state index in [1.54, 1.807) is 12.1 Å². The maximum atomic E-state index is 11.6. The number of thioether (sulfide) groups is 1. The fraction of sp³-hybridized carbons (Fsp3) is 0.385. The van der Waals surface area contributed by atoms with Gasteiger partial charge in [-0.3, -0.25) is 9.59 Å². The highest BCUT2D eigenvalue weighted by molar-refractivity contribution is 8.13. The van der Waals surface area contributed by atoms with E-state index in [2.05, 4.69) is 10.6 Å². The van der Waals surface area contributed by atoms with E-state index in [0.717, 1.165) is 24.3 Å². The number of carbonyl (C=O) groups is 2. The average molecular weight is 264 g/mol. The molecule has 0 atom stereocenters. The zero-order chi connectivity index (χ0) is 13.0. The molecule has 0 spiro atoms. The van der Waals surface area contributed by atoms with Crippen molar-refractivity contribution in [2.45, 2.75) is 19.8 Å². The van der Waals surface area contributed by atoms with E-state index in [1.807, 2.05) is 19.1 Å². The van der Waals surface area contributed by atoms with Crippen molar-refractivity contribution in [3.05, 3.63) is 24.3 Å². The number of carbonyl (C=O) groups excluding carboxylic acids is 2. The third-order valence-electron chi connectivity index (χ3n) is 2.60. The van der Waals surface area contributed by atoms with Crippen LogP contribution in [0.4, 0.5) is 16.2 Å². The minimum atomic E-state index is -0.0804. The summed E-state index contributed by atoms with van der Waals surface area (Å²) in [5.41, 5.74) is 1.43. The van der Waals surface area contributed by atoms with E-state index in [-0.39, 0.29) is 17.1 Å². The molecule has 1 aromatic rings. The molecule has 1 saturated carbocycles. The van der Waals surface area contributed by atoms with Crippen LogP contribution in [0.15, 0.2) is 24.3 Å². The molecular formula is C13H16N2O2S. The van der Waals surface area contributed by atoms with Crippen LogP contribution in [0.1, 0.15) is 19.8 Å². The lowest BCUT2D eigenvalue weighted by Gasteiger charge is -2.07. The fourth-order valence-electron chi connectivity index (χ4n) is 1.55. The van der Waals surface area contributed by atoms with E-state index >= 15 is 0 Å². The minimum Gasteiger partial charge on any atom is -0.326 e. The molecule has 2 amide bonds. The third-order valence-corrected chi connectivity index (χ3v) is 3.25. The highest BCUT2D eigenvalue weighted by atomic mass is 32.2. The summed E-state index contributed by atoms with van der Waals surface area (Å²) in [4.78, 5) is 23.0. The van der Waals surface area contributed by atoms with Crippen LogP contribution >= 0.6 is 11.8 Å². The van der Waals surface area contributed by atoms with Crippen LogP contribution in [0.3, 0.4) is 0 Å². The van der Waals surface area contributed by atoms with Crippen molar-refractivity contribution in [2.24, 2.45) is 5.92 Å². The standard InChI is InChI=1S/C13H16N2O2S/c1-2-18-13(17)15-11-5-3-4-10(8-11)14-12(16)9-6-7-9/h3-5,8-9H,2,6-7H2,1H3,(H,14,16)(H,15,17). The zero-order valence-corrected chi connectivity index (χ0v) is 11.0. The molecule has 0 unspecified atom stereocenters. The van der Waals surface area contributed by atoms with Crippen molar-refractivity contribution < 1.29 is 9.59 Å². The summed E-state index contributed by atoms with van der Waals surface area (Å²) in [7, 11) is 0. The molecule has 0 saturated heterocycles. The molecule has 18 heavy (non-hydrogen) atoms. The molecule has 2 N–H and O–H groups in total. The molecule has 4 nitrogen and oxygen atoms in total. The van der Waals surface area contributed by atoms with Gasteiger partial charge in [0.2, 0.25) is 5.91 Å². The van der Waals surface area contributed by atoms with Gasteiger partial charge in [-0.05, 0) is 36.8 Å². The fourth-order valence-corrected chi connectivity index (χ4v) is 2.00. The van der Waals surface area contributed by atoms with Gasteiger partial charge < -0.3 is 10.6 Å². The Kier molecular flexibility index (Phi) is 4.25. The lowest BCUT2D eigenvalue weighted by molar-refractivity contribution is -0.117. The number of benzene rings is 1. The number of rotatable bonds is 4. The van der Waals surface area contributed by atoms with E-state index < -0.39 is 0 Å². The number of hydrogen-bond acceptors (Lipinski definition) is 3. The molecule has 96 valence electrons. The third kappa shape index (κ3) is 3.77. The van der Waals surface area contributed by atoms with Gasteiger partial charge in [-0.1, -0.05) is 24.8 Å². The van der Waals surface area contributed by atoms with Crippen molar-refractivity contribution in [3.8, 4) is 0 Å². The Balaban J connectivity index is 1.95. The minimum absolute atomic E-state index is 0.0707. The van der Waals surface area contributed by atoms with E-state index in [4.69, 9.17) is 0 Å². The Morgan fingerprint density at radius 1 is 1.28 bits per heavy atom. The van der Waals surface area contributed by atoms with E-state index in [1.165, 1.54) is 11.8 Å². The van der Waals surface area contributed by atoms with E-state index in [9.17, 15) is 9.59 Å². The lowest BCUT2D eigenvalue weighted by Crippen LogP contribution is -2.13. The Morgan fingerprint density at radius 2 is 1.94 bits per heavy atom. The maximum Gasteiger partial charge on any atom is 0.283 e. The van der Waals surface area contributed by atoms with Gasteiger partial charge in [0.05, 0.1) is 0 Å². The Labute approximate surface area is 111 Å². The summed E-state index contributed by atoms with van der Waals surface area (Å²) in [6.07, 6.45) is 1.96. The van der Waals surface area contributed by atoms with Crippen LogP contribution in [0.25, 0.3) is 0 Å². The molecule has 0 heterocycles. The summed E-state index contributed by atoms with van der Waals surface area (Å²) in [5, 5.41) is 5.55. The second-order valence-corrected chi connectivity index (χ2v) is 5.43. The van der Waals surface area contributed by atoms with Crippen LogP contribution in [0.5, 0.6) is 0 Å². The van der Waals surface area contributed by atoms with Gasteiger partial charge in [0.15, 0.2) is 0 Å². The number of nitrogens with one attached hydrogen (secondary N) is 2. The number of anilines is 2.